The van der Waals surface area contributed by atoms with Crippen LogP contribution in [-0.2, 0) is 4.79 Å². The summed E-state index contributed by atoms with van der Waals surface area (Å²) in [5.74, 6) is 1.58. The third-order valence-corrected chi connectivity index (χ3v) is 5.12. The number of aliphatic imine (C=N–C) groups is 1. The molecule has 0 bridgehead atoms. The lowest BCUT2D eigenvalue weighted by Crippen LogP contribution is -2.47. The average molecular weight is 358 g/mol. The van der Waals surface area contributed by atoms with Gasteiger partial charge in [-0.3, -0.25) is 4.79 Å². The second kappa shape index (κ2) is 8.43. The fourth-order valence-electron chi connectivity index (χ4n) is 3.96. The molecule has 1 aromatic carbocycles. The van der Waals surface area contributed by atoms with Crippen molar-refractivity contribution >= 4 is 11.9 Å². The third-order valence-electron chi connectivity index (χ3n) is 5.12. The zero-order valence-electron chi connectivity index (χ0n) is 15.8. The van der Waals surface area contributed by atoms with Crippen molar-refractivity contribution in [2.24, 2.45) is 4.99 Å². The van der Waals surface area contributed by atoms with E-state index in [0.717, 1.165) is 37.1 Å². The Balaban J connectivity index is 1.78. The quantitative estimate of drug-likeness (QED) is 0.558. The van der Waals surface area contributed by atoms with Crippen LogP contribution in [0.3, 0.4) is 0 Å². The zero-order valence-corrected chi connectivity index (χ0v) is 15.8. The maximum atomic E-state index is 11.8. The number of amides is 1. The largest absolute Gasteiger partial charge is 0.487 e. The van der Waals surface area contributed by atoms with Crippen molar-refractivity contribution in [1.82, 2.24) is 16.0 Å². The third kappa shape index (κ3) is 4.29. The number of hydrogen-bond acceptors (Lipinski definition) is 3. The Hall–Kier alpha value is -2.24. The van der Waals surface area contributed by atoms with E-state index in [1.807, 2.05) is 26.0 Å². The number of ether oxygens (including phenoxy) is 1. The molecule has 3 N–H and O–H groups in total. The lowest BCUT2D eigenvalue weighted by molar-refractivity contribution is -0.119. The fraction of sp³-hybridized carbons (Fsp3) is 0.600. The molecule has 1 fully saturated rings. The van der Waals surface area contributed by atoms with E-state index < -0.39 is 0 Å². The number of rotatable bonds is 5. The lowest BCUT2D eigenvalue weighted by atomic mass is 9.86. The van der Waals surface area contributed by atoms with Gasteiger partial charge in [-0.25, -0.2) is 4.99 Å². The van der Waals surface area contributed by atoms with E-state index in [4.69, 9.17) is 4.74 Å². The fourth-order valence-corrected chi connectivity index (χ4v) is 3.96. The van der Waals surface area contributed by atoms with Gasteiger partial charge in [-0.15, -0.1) is 0 Å². The smallest absolute Gasteiger partial charge is 0.241 e. The molecule has 3 rings (SSSR count). The number of carbonyl (C=O) groups excluding carboxylic acids is 1. The second-order valence-electron chi connectivity index (χ2n) is 7.08. The molecule has 0 radical (unpaired) electrons. The van der Waals surface area contributed by atoms with Crippen LogP contribution in [-0.4, -0.2) is 37.1 Å². The Bertz CT molecular complexity index is 653. The van der Waals surface area contributed by atoms with Gasteiger partial charge in [-0.05, 0) is 45.6 Å². The highest BCUT2D eigenvalue weighted by Gasteiger charge is 2.43. The first-order chi connectivity index (χ1) is 12.7. The van der Waals surface area contributed by atoms with Crippen molar-refractivity contribution in [2.75, 3.05) is 19.6 Å². The van der Waals surface area contributed by atoms with Crippen LogP contribution in [0.25, 0.3) is 0 Å². The van der Waals surface area contributed by atoms with Gasteiger partial charge in [0.1, 0.15) is 17.9 Å². The van der Waals surface area contributed by atoms with Crippen LogP contribution in [0.1, 0.15) is 57.6 Å². The van der Waals surface area contributed by atoms with E-state index in [2.05, 4.69) is 33.1 Å². The summed E-state index contributed by atoms with van der Waals surface area (Å²) in [6.45, 7) is 5.43. The highest BCUT2D eigenvalue weighted by molar-refractivity contribution is 5.85. The Morgan fingerprint density at radius 1 is 1.19 bits per heavy atom. The summed E-state index contributed by atoms with van der Waals surface area (Å²) in [6, 6.07) is 8.37. The number of para-hydroxylation sites is 1. The van der Waals surface area contributed by atoms with Gasteiger partial charge >= 0.3 is 0 Å². The normalized spacial score (nSPS) is 21.0. The molecule has 0 aromatic heterocycles. The van der Waals surface area contributed by atoms with Crippen LogP contribution in [0.15, 0.2) is 29.3 Å². The number of guanidine groups is 1. The van der Waals surface area contributed by atoms with Crippen LogP contribution in [0.5, 0.6) is 5.75 Å². The molecule has 6 heteroatoms. The van der Waals surface area contributed by atoms with Crippen LogP contribution in [0.2, 0.25) is 0 Å². The average Bonchev–Trinajstić information content (AvgIpc) is 3.07. The summed E-state index contributed by atoms with van der Waals surface area (Å²) in [6.07, 6.45) is 5.58. The molecule has 1 unspecified atom stereocenters. The van der Waals surface area contributed by atoms with Gasteiger partial charge in [0.25, 0.3) is 0 Å². The minimum absolute atomic E-state index is 0.0654. The molecule has 1 saturated carbocycles. The molecule has 1 aromatic rings. The molecule has 26 heavy (non-hydrogen) atoms. The molecule has 1 amide bonds. The van der Waals surface area contributed by atoms with Gasteiger partial charge < -0.3 is 20.7 Å². The molecule has 142 valence electrons. The predicted octanol–water partition coefficient (Wildman–Crippen LogP) is 2.51. The summed E-state index contributed by atoms with van der Waals surface area (Å²) in [7, 11) is 0. The molecule has 1 atom stereocenters. The van der Waals surface area contributed by atoms with Gasteiger partial charge in [0.2, 0.25) is 5.91 Å². The van der Waals surface area contributed by atoms with Gasteiger partial charge in [-0.1, -0.05) is 18.2 Å². The van der Waals surface area contributed by atoms with Gasteiger partial charge in [0.05, 0.1) is 6.04 Å². The van der Waals surface area contributed by atoms with Gasteiger partial charge in [0.15, 0.2) is 5.96 Å². The van der Waals surface area contributed by atoms with E-state index in [1.54, 1.807) is 0 Å². The first kappa shape index (κ1) is 18.5. The lowest BCUT2D eigenvalue weighted by Gasteiger charge is -2.40. The SMILES string of the molecule is CCNC(=O)CN=C(NCC)NC1CC2(CCCC2)Oc2ccccc21. The summed E-state index contributed by atoms with van der Waals surface area (Å²) in [4.78, 5) is 16.2. The maximum absolute atomic E-state index is 11.8. The van der Waals surface area contributed by atoms with Gasteiger partial charge in [0, 0.05) is 25.1 Å². The van der Waals surface area contributed by atoms with Crippen molar-refractivity contribution in [3.8, 4) is 5.75 Å². The standard InChI is InChI=1S/C20H30N4O2/c1-3-21-18(25)14-23-19(22-4-2)24-16-13-20(11-7-8-12-20)26-17-10-6-5-9-15(16)17/h5-6,9-10,16H,3-4,7-8,11-14H2,1-2H3,(H,21,25)(H2,22,23,24). The summed E-state index contributed by atoms with van der Waals surface area (Å²) >= 11 is 0. The van der Waals surface area contributed by atoms with E-state index in [0.29, 0.717) is 12.5 Å². The number of hydrogen-bond donors (Lipinski definition) is 3. The number of nitrogens with one attached hydrogen (secondary N) is 3. The van der Waals surface area contributed by atoms with E-state index in [-0.39, 0.29) is 24.1 Å². The van der Waals surface area contributed by atoms with Gasteiger partial charge in [-0.2, -0.15) is 0 Å². The number of likely N-dealkylation sites (N-methyl/N-ethyl adjacent to an activating group) is 1. The molecule has 1 heterocycles. The number of nitrogens with zero attached hydrogens (tertiary/aromatic N) is 1. The second-order valence-corrected chi connectivity index (χ2v) is 7.08. The molecule has 0 saturated heterocycles. The highest BCUT2D eigenvalue weighted by atomic mass is 16.5. The van der Waals surface area contributed by atoms with Crippen molar-refractivity contribution < 1.29 is 9.53 Å². The minimum atomic E-state index is -0.0665. The Morgan fingerprint density at radius 2 is 1.92 bits per heavy atom. The van der Waals surface area contributed by atoms with Crippen molar-refractivity contribution in [1.29, 1.82) is 0 Å². The van der Waals surface area contributed by atoms with E-state index >= 15 is 0 Å². The summed E-state index contributed by atoms with van der Waals surface area (Å²) < 4.78 is 6.42. The van der Waals surface area contributed by atoms with Crippen molar-refractivity contribution in [3.63, 3.8) is 0 Å². The number of benzene rings is 1. The van der Waals surface area contributed by atoms with Crippen molar-refractivity contribution in [3.05, 3.63) is 29.8 Å². The predicted molar refractivity (Wildman–Crippen MR) is 103 cm³/mol. The Kier molecular flexibility index (Phi) is 6.01. The molecular formula is C20H30N4O2. The van der Waals surface area contributed by atoms with E-state index in [1.165, 1.54) is 12.8 Å². The molecule has 2 aliphatic rings. The number of carbonyl (C=O) groups is 1. The van der Waals surface area contributed by atoms with Crippen molar-refractivity contribution in [2.45, 2.75) is 57.6 Å². The topological polar surface area (TPSA) is 74.8 Å². The minimum Gasteiger partial charge on any atom is -0.487 e. The molecule has 6 nitrogen and oxygen atoms in total. The Labute approximate surface area is 155 Å². The highest BCUT2D eigenvalue weighted by Crippen LogP contribution is 2.46. The first-order valence-electron chi connectivity index (χ1n) is 9.75. The van der Waals surface area contributed by atoms with Crippen LogP contribution < -0.4 is 20.7 Å². The van der Waals surface area contributed by atoms with Crippen LogP contribution in [0, 0.1) is 0 Å². The first-order valence-corrected chi connectivity index (χ1v) is 9.75. The summed E-state index contributed by atoms with van der Waals surface area (Å²) in [5, 5.41) is 9.58. The summed E-state index contributed by atoms with van der Waals surface area (Å²) in [5.41, 5.74) is 1.09. The Morgan fingerprint density at radius 3 is 2.65 bits per heavy atom. The molecule has 1 spiro atoms. The molecular weight excluding hydrogens is 328 g/mol. The number of fused-ring (bicyclic) bond motifs is 1. The monoisotopic (exact) mass is 358 g/mol. The molecule has 1 aliphatic heterocycles. The molecule has 1 aliphatic carbocycles. The maximum Gasteiger partial charge on any atom is 0.241 e. The van der Waals surface area contributed by atoms with E-state index in [9.17, 15) is 4.79 Å². The van der Waals surface area contributed by atoms with Crippen LogP contribution >= 0.6 is 0 Å². The van der Waals surface area contributed by atoms with Crippen LogP contribution in [0.4, 0.5) is 0 Å². The zero-order chi connectivity index (χ0) is 18.4.